The lowest BCUT2D eigenvalue weighted by Gasteiger charge is -2.11. The summed E-state index contributed by atoms with van der Waals surface area (Å²) in [7, 11) is 0. The Balaban J connectivity index is 1.95. The third kappa shape index (κ3) is 2.43. The van der Waals surface area contributed by atoms with Crippen LogP contribution in [-0.4, -0.2) is 24.5 Å². The van der Waals surface area contributed by atoms with Gasteiger partial charge < -0.3 is 0 Å². The van der Waals surface area contributed by atoms with Crippen LogP contribution in [-0.2, 0) is 6.54 Å². The Labute approximate surface area is 142 Å². The molecule has 1 atom stereocenters. The van der Waals surface area contributed by atoms with Gasteiger partial charge in [-0.3, -0.25) is 4.68 Å². The molecule has 0 bridgehead atoms. The Bertz CT molecular complexity index is 885. The Hall–Kier alpha value is -2.17. The zero-order valence-corrected chi connectivity index (χ0v) is 15.0. The van der Waals surface area contributed by atoms with E-state index in [4.69, 9.17) is 10.1 Å². The minimum atomic E-state index is 0.356. The average Bonchev–Trinajstić information content (AvgIpc) is 3.24. The largest absolute Gasteiger partial charge is 0.272 e. The first kappa shape index (κ1) is 15.4. The highest BCUT2D eigenvalue weighted by Gasteiger charge is 2.29. The van der Waals surface area contributed by atoms with Crippen LogP contribution in [0.15, 0.2) is 18.5 Å². The third-order valence-electron chi connectivity index (χ3n) is 5.15. The number of hydrogen-bond donors (Lipinski definition) is 0. The topological polar surface area (TPSA) is 48.5 Å². The third-order valence-corrected chi connectivity index (χ3v) is 5.15. The minimum Gasteiger partial charge on any atom is -0.272 e. The van der Waals surface area contributed by atoms with E-state index in [-0.39, 0.29) is 0 Å². The maximum absolute atomic E-state index is 5.00. The smallest absolute Gasteiger partial charge is 0.159 e. The maximum atomic E-state index is 5.00. The van der Waals surface area contributed by atoms with Crippen LogP contribution in [0.1, 0.15) is 63.3 Å². The van der Waals surface area contributed by atoms with Crippen molar-refractivity contribution in [1.29, 1.82) is 0 Å². The molecule has 4 rings (SSSR count). The summed E-state index contributed by atoms with van der Waals surface area (Å²) in [6.07, 6.45) is 7.61. The van der Waals surface area contributed by atoms with Crippen molar-refractivity contribution in [2.75, 3.05) is 0 Å². The van der Waals surface area contributed by atoms with Crippen molar-refractivity contribution in [2.45, 2.75) is 65.5 Å². The SMILES string of the molecule is CCC(C)n1nc(C)c2c(C3CC3)cc(-c3cnn(CC)c3)nc21. The van der Waals surface area contributed by atoms with Crippen LogP contribution in [0.2, 0.25) is 0 Å². The molecule has 0 spiro atoms. The van der Waals surface area contributed by atoms with Gasteiger partial charge in [-0.25, -0.2) is 9.67 Å². The second-order valence-corrected chi connectivity index (χ2v) is 6.94. The molecule has 0 aliphatic heterocycles. The van der Waals surface area contributed by atoms with Crippen LogP contribution in [0.4, 0.5) is 0 Å². The summed E-state index contributed by atoms with van der Waals surface area (Å²) < 4.78 is 4.07. The quantitative estimate of drug-likeness (QED) is 0.696. The summed E-state index contributed by atoms with van der Waals surface area (Å²) >= 11 is 0. The number of rotatable bonds is 5. The van der Waals surface area contributed by atoms with Crippen LogP contribution in [0, 0.1) is 6.92 Å². The molecule has 1 saturated carbocycles. The van der Waals surface area contributed by atoms with E-state index in [1.807, 2.05) is 10.9 Å². The molecule has 3 heterocycles. The monoisotopic (exact) mass is 323 g/mol. The first-order valence-electron chi connectivity index (χ1n) is 9.04. The Kier molecular flexibility index (Phi) is 3.66. The van der Waals surface area contributed by atoms with Crippen LogP contribution in [0.3, 0.4) is 0 Å². The molecule has 0 aromatic carbocycles. The van der Waals surface area contributed by atoms with Gasteiger partial charge in [0.2, 0.25) is 0 Å². The summed E-state index contributed by atoms with van der Waals surface area (Å²) in [5.41, 5.74) is 5.68. The van der Waals surface area contributed by atoms with Crippen molar-refractivity contribution in [3.05, 3.63) is 29.7 Å². The molecule has 3 aromatic heterocycles. The minimum absolute atomic E-state index is 0.356. The lowest BCUT2D eigenvalue weighted by molar-refractivity contribution is 0.487. The second kappa shape index (κ2) is 5.72. The molecule has 5 nitrogen and oxygen atoms in total. The van der Waals surface area contributed by atoms with Gasteiger partial charge in [0, 0.05) is 23.7 Å². The number of fused-ring (bicyclic) bond motifs is 1. The van der Waals surface area contributed by atoms with E-state index in [0.29, 0.717) is 12.0 Å². The predicted octanol–water partition coefficient (Wildman–Crippen LogP) is 4.47. The molecule has 0 saturated heterocycles. The Morgan fingerprint density at radius 2 is 2.08 bits per heavy atom. The fraction of sp³-hybridized carbons (Fsp3) is 0.526. The van der Waals surface area contributed by atoms with E-state index in [1.54, 1.807) is 0 Å². The van der Waals surface area contributed by atoms with E-state index in [2.05, 4.69) is 49.7 Å². The first-order valence-corrected chi connectivity index (χ1v) is 9.04. The fourth-order valence-corrected chi connectivity index (χ4v) is 3.36. The highest BCUT2D eigenvalue weighted by atomic mass is 15.3. The zero-order chi connectivity index (χ0) is 16.8. The molecule has 5 heteroatoms. The van der Waals surface area contributed by atoms with Crippen LogP contribution in [0.25, 0.3) is 22.3 Å². The van der Waals surface area contributed by atoms with Gasteiger partial charge in [0.25, 0.3) is 0 Å². The molecule has 1 aliphatic rings. The van der Waals surface area contributed by atoms with Crippen LogP contribution in [0.5, 0.6) is 0 Å². The van der Waals surface area contributed by atoms with Gasteiger partial charge in [0.1, 0.15) is 0 Å². The average molecular weight is 323 g/mol. The van der Waals surface area contributed by atoms with Gasteiger partial charge in [0.15, 0.2) is 5.65 Å². The summed E-state index contributed by atoms with van der Waals surface area (Å²) in [6, 6.07) is 2.63. The molecule has 0 radical (unpaired) electrons. The van der Waals surface area contributed by atoms with Crippen molar-refractivity contribution in [1.82, 2.24) is 24.5 Å². The molecule has 24 heavy (non-hydrogen) atoms. The van der Waals surface area contributed by atoms with Crippen molar-refractivity contribution in [3.63, 3.8) is 0 Å². The van der Waals surface area contributed by atoms with Crippen molar-refractivity contribution >= 4 is 11.0 Å². The normalized spacial score (nSPS) is 16.0. The maximum Gasteiger partial charge on any atom is 0.159 e. The summed E-state index contributed by atoms with van der Waals surface area (Å²) in [5.74, 6) is 0.670. The van der Waals surface area contributed by atoms with Gasteiger partial charge >= 0.3 is 0 Å². The van der Waals surface area contributed by atoms with Gasteiger partial charge in [-0.2, -0.15) is 10.2 Å². The van der Waals surface area contributed by atoms with E-state index in [1.165, 1.54) is 23.8 Å². The Morgan fingerprint density at radius 1 is 1.29 bits per heavy atom. The fourth-order valence-electron chi connectivity index (χ4n) is 3.36. The molecular formula is C19H25N5. The van der Waals surface area contributed by atoms with Gasteiger partial charge in [0.05, 0.1) is 23.6 Å². The van der Waals surface area contributed by atoms with Crippen molar-refractivity contribution in [3.8, 4) is 11.3 Å². The second-order valence-electron chi connectivity index (χ2n) is 6.94. The Morgan fingerprint density at radius 3 is 2.71 bits per heavy atom. The number of hydrogen-bond acceptors (Lipinski definition) is 3. The van der Waals surface area contributed by atoms with Gasteiger partial charge in [-0.05, 0) is 57.6 Å². The molecule has 126 valence electrons. The van der Waals surface area contributed by atoms with E-state index < -0.39 is 0 Å². The summed E-state index contributed by atoms with van der Waals surface area (Å²) in [6.45, 7) is 9.51. The zero-order valence-electron chi connectivity index (χ0n) is 15.0. The van der Waals surface area contributed by atoms with Crippen molar-refractivity contribution < 1.29 is 0 Å². The molecule has 1 fully saturated rings. The van der Waals surface area contributed by atoms with Crippen LogP contribution < -0.4 is 0 Å². The van der Waals surface area contributed by atoms with E-state index in [0.717, 1.165) is 35.6 Å². The summed E-state index contributed by atoms with van der Waals surface area (Å²) in [4.78, 5) is 5.00. The van der Waals surface area contributed by atoms with Crippen molar-refractivity contribution in [2.24, 2.45) is 0 Å². The predicted molar refractivity (Wildman–Crippen MR) is 96.1 cm³/mol. The highest BCUT2D eigenvalue weighted by molar-refractivity contribution is 5.86. The first-order chi connectivity index (χ1) is 11.6. The molecule has 3 aromatic rings. The summed E-state index contributed by atoms with van der Waals surface area (Å²) in [5, 5.41) is 10.5. The number of aromatic nitrogens is 5. The van der Waals surface area contributed by atoms with Crippen LogP contribution >= 0.6 is 0 Å². The number of pyridine rings is 1. The van der Waals surface area contributed by atoms with E-state index in [9.17, 15) is 0 Å². The lowest BCUT2D eigenvalue weighted by Crippen LogP contribution is -2.07. The number of aryl methyl sites for hydroxylation is 2. The molecule has 1 aliphatic carbocycles. The standard InChI is InChI=1S/C19H25N5/c1-5-12(3)24-19-18(13(4)22-24)16(14-7-8-14)9-17(21-19)15-10-20-23(6-2)11-15/h9-12,14H,5-8H2,1-4H3. The van der Waals surface area contributed by atoms with E-state index >= 15 is 0 Å². The number of nitrogens with zero attached hydrogens (tertiary/aromatic N) is 5. The lowest BCUT2D eigenvalue weighted by atomic mass is 10.0. The molecule has 0 N–H and O–H groups in total. The molecule has 0 amide bonds. The van der Waals surface area contributed by atoms with Gasteiger partial charge in [-0.15, -0.1) is 0 Å². The molecular weight excluding hydrogens is 298 g/mol. The highest BCUT2D eigenvalue weighted by Crippen LogP contribution is 2.45. The van der Waals surface area contributed by atoms with Gasteiger partial charge in [-0.1, -0.05) is 6.92 Å². The molecule has 1 unspecified atom stereocenters.